The number of carbonyl (C=O) groups excluding carboxylic acids is 2. The number of rotatable bonds is 5. The molecule has 2 atom stereocenters. The van der Waals surface area contributed by atoms with E-state index in [-0.39, 0.29) is 12.2 Å². The Morgan fingerprint density at radius 3 is 2.81 bits per heavy atom. The number of anilines is 2. The minimum absolute atomic E-state index is 0.182. The molecule has 1 aliphatic rings. The number of carbonyl (C=O) groups is 2. The zero-order chi connectivity index (χ0) is 19.4. The maximum atomic E-state index is 11.7. The average Bonchev–Trinajstić information content (AvgIpc) is 3.08. The number of thiazole rings is 1. The summed E-state index contributed by atoms with van der Waals surface area (Å²) in [4.78, 5) is 29.0. The fraction of sp³-hybridized carbons (Fsp3) is 0.389. The second-order valence-corrected chi connectivity index (χ2v) is 7.26. The highest BCUT2D eigenvalue weighted by Crippen LogP contribution is 2.29. The van der Waals surface area contributed by atoms with E-state index >= 15 is 0 Å². The molecule has 8 nitrogen and oxygen atoms in total. The third kappa shape index (κ3) is 5.18. The number of benzene rings is 1. The van der Waals surface area contributed by atoms with Crippen molar-refractivity contribution in [2.24, 2.45) is 5.73 Å². The fourth-order valence-electron chi connectivity index (χ4n) is 3.01. The molecule has 1 aliphatic heterocycles. The first kappa shape index (κ1) is 19.1. The van der Waals surface area contributed by atoms with Gasteiger partial charge in [-0.15, -0.1) is 11.3 Å². The molecule has 2 amide bonds. The normalized spacial score (nSPS) is 19.6. The highest BCUT2D eigenvalue weighted by molar-refractivity contribution is 7.14. The predicted molar refractivity (Wildman–Crippen MR) is 104 cm³/mol. The number of nitrogens with zero attached hydrogens (tertiary/aromatic N) is 2. The van der Waals surface area contributed by atoms with Crippen LogP contribution in [-0.4, -0.2) is 48.9 Å². The van der Waals surface area contributed by atoms with Gasteiger partial charge in [0.1, 0.15) is 0 Å². The third-order valence-corrected chi connectivity index (χ3v) is 4.78. The van der Waals surface area contributed by atoms with E-state index in [1.807, 2.05) is 17.5 Å². The van der Waals surface area contributed by atoms with E-state index < -0.39 is 18.6 Å². The van der Waals surface area contributed by atoms with Gasteiger partial charge in [-0.05, 0) is 26.0 Å². The van der Waals surface area contributed by atoms with E-state index in [4.69, 9.17) is 10.5 Å². The van der Waals surface area contributed by atoms with Crippen LogP contribution in [0.2, 0.25) is 0 Å². The van der Waals surface area contributed by atoms with E-state index in [9.17, 15) is 9.59 Å². The highest BCUT2D eigenvalue weighted by Gasteiger charge is 2.22. The molecular formula is C18H22N4O4S. The Labute approximate surface area is 161 Å². The van der Waals surface area contributed by atoms with E-state index in [1.54, 1.807) is 0 Å². The number of morpholine rings is 1. The van der Waals surface area contributed by atoms with Crippen molar-refractivity contribution < 1.29 is 19.1 Å². The summed E-state index contributed by atoms with van der Waals surface area (Å²) in [5.41, 5.74) is 7.68. The summed E-state index contributed by atoms with van der Waals surface area (Å²) in [6.07, 6.45) is -0.629. The number of nitrogens with two attached hydrogens (primary N) is 1. The van der Waals surface area contributed by atoms with Gasteiger partial charge in [0, 0.05) is 29.7 Å². The number of hydrogen-bond acceptors (Lipinski definition) is 7. The SMILES string of the molecule is C[C@H]1CN(c2cccc(-c3csc(NC(=O)COC(N)=O)n3)c2)C[C@H](C)O1. The van der Waals surface area contributed by atoms with Crippen LogP contribution in [0.1, 0.15) is 13.8 Å². The molecule has 3 N–H and O–H groups in total. The van der Waals surface area contributed by atoms with Gasteiger partial charge in [0.2, 0.25) is 0 Å². The van der Waals surface area contributed by atoms with Gasteiger partial charge in [-0.2, -0.15) is 0 Å². The van der Waals surface area contributed by atoms with E-state index in [0.29, 0.717) is 5.13 Å². The topological polar surface area (TPSA) is 107 Å². The first-order valence-electron chi connectivity index (χ1n) is 8.59. The lowest BCUT2D eigenvalue weighted by atomic mass is 10.1. The van der Waals surface area contributed by atoms with Crippen molar-refractivity contribution in [3.63, 3.8) is 0 Å². The second kappa shape index (κ2) is 8.36. The number of hydrogen-bond donors (Lipinski definition) is 2. The Balaban J connectivity index is 1.69. The Bertz CT molecular complexity index is 815. The number of primary amides is 1. The predicted octanol–water partition coefficient (Wildman–Crippen LogP) is 2.46. The summed E-state index contributed by atoms with van der Waals surface area (Å²) in [5, 5.41) is 4.89. The quantitative estimate of drug-likeness (QED) is 0.812. The lowest BCUT2D eigenvalue weighted by Gasteiger charge is -2.37. The summed E-state index contributed by atoms with van der Waals surface area (Å²) in [6.45, 7) is 5.39. The van der Waals surface area contributed by atoms with Gasteiger partial charge in [0.05, 0.1) is 17.9 Å². The molecule has 0 bridgehead atoms. The molecule has 0 aliphatic carbocycles. The van der Waals surface area contributed by atoms with Gasteiger partial charge in [-0.25, -0.2) is 9.78 Å². The van der Waals surface area contributed by atoms with Gasteiger partial charge in [0.25, 0.3) is 5.91 Å². The molecular weight excluding hydrogens is 368 g/mol. The first-order chi connectivity index (χ1) is 12.9. The molecule has 1 saturated heterocycles. The third-order valence-electron chi connectivity index (χ3n) is 4.02. The standard InChI is InChI=1S/C18H22N4O4S/c1-11-7-22(8-12(2)26-11)14-5-3-4-13(6-14)15-10-27-18(20-15)21-16(23)9-25-17(19)24/h3-6,10-12H,7-9H2,1-2H3,(H2,19,24)(H,20,21,23)/t11-,12-/m0/s1. The number of nitrogens with one attached hydrogen (secondary N) is 1. The van der Waals surface area contributed by atoms with Crippen LogP contribution in [0.3, 0.4) is 0 Å². The molecule has 0 radical (unpaired) electrons. The van der Waals surface area contributed by atoms with Crippen LogP contribution in [-0.2, 0) is 14.3 Å². The van der Waals surface area contributed by atoms with E-state index in [1.165, 1.54) is 11.3 Å². The zero-order valence-corrected chi connectivity index (χ0v) is 16.0. The largest absolute Gasteiger partial charge is 0.440 e. The molecule has 3 rings (SSSR count). The zero-order valence-electron chi connectivity index (χ0n) is 15.2. The summed E-state index contributed by atoms with van der Waals surface area (Å²) in [5.74, 6) is -0.486. The van der Waals surface area contributed by atoms with Crippen LogP contribution in [0.25, 0.3) is 11.3 Å². The molecule has 27 heavy (non-hydrogen) atoms. The van der Waals surface area contributed by atoms with Crippen molar-refractivity contribution in [3.05, 3.63) is 29.6 Å². The van der Waals surface area contributed by atoms with Crippen molar-refractivity contribution >= 4 is 34.2 Å². The number of aromatic nitrogens is 1. The van der Waals surface area contributed by atoms with Crippen molar-refractivity contribution in [2.45, 2.75) is 26.1 Å². The second-order valence-electron chi connectivity index (χ2n) is 6.41. The average molecular weight is 390 g/mol. The van der Waals surface area contributed by atoms with Gasteiger partial charge >= 0.3 is 6.09 Å². The smallest absolute Gasteiger partial charge is 0.405 e. The lowest BCUT2D eigenvalue weighted by Crippen LogP contribution is -2.45. The maximum absolute atomic E-state index is 11.7. The maximum Gasteiger partial charge on any atom is 0.405 e. The monoisotopic (exact) mass is 390 g/mol. The Kier molecular flexibility index (Phi) is 5.92. The van der Waals surface area contributed by atoms with Crippen molar-refractivity contribution in [2.75, 3.05) is 29.9 Å². The summed E-state index contributed by atoms with van der Waals surface area (Å²) < 4.78 is 10.3. The fourth-order valence-corrected chi connectivity index (χ4v) is 3.74. The molecule has 1 fully saturated rings. The van der Waals surface area contributed by atoms with Gasteiger partial charge in [-0.3, -0.25) is 10.1 Å². The van der Waals surface area contributed by atoms with E-state index in [0.717, 1.165) is 30.0 Å². The van der Waals surface area contributed by atoms with Crippen LogP contribution in [0, 0.1) is 0 Å². The van der Waals surface area contributed by atoms with Crippen LogP contribution < -0.4 is 16.0 Å². The molecule has 0 spiro atoms. The van der Waals surface area contributed by atoms with Crippen molar-refractivity contribution in [1.29, 1.82) is 0 Å². The van der Waals surface area contributed by atoms with Gasteiger partial charge in [-0.1, -0.05) is 12.1 Å². The minimum atomic E-state index is -0.992. The summed E-state index contributed by atoms with van der Waals surface area (Å²) in [6, 6.07) is 8.13. The molecule has 2 aromatic rings. The number of amides is 2. The van der Waals surface area contributed by atoms with Gasteiger partial charge in [0.15, 0.2) is 11.7 Å². The minimum Gasteiger partial charge on any atom is -0.440 e. The van der Waals surface area contributed by atoms with Crippen LogP contribution in [0.5, 0.6) is 0 Å². The van der Waals surface area contributed by atoms with Crippen LogP contribution in [0.15, 0.2) is 29.6 Å². The van der Waals surface area contributed by atoms with E-state index in [2.05, 4.69) is 45.9 Å². The summed E-state index contributed by atoms with van der Waals surface area (Å²) >= 11 is 1.30. The molecule has 2 heterocycles. The van der Waals surface area contributed by atoms with Crippen molar-refractivity contribution in [3.8, 4) is 11.3 Å². The van der Waals surface area contributed by atoms with Crippen molar-refractivity contribution in [1.82, 2.24) is 4.98 Å². The molecule has 1 aromatic carbocycles. The molecule has 9 heteroatoms. The molecule has 0 unspecified atom stereocenters. The molecule has 144 valence electrons. The Morgan fingerprint density at radius 1 is 1.37 bits per heavy atom. The first-order valence-corrected chi connectivity index (χ1v) is 9.47. The van der Waals surface area contributed by atoms with Crippen LogP contribution >= 0.6 is 11.3 Å². The van der Waals surface area contributed by atoms with Gasteiger partial charge < -0.3 is 20.1 Å². The highest BCUT2D eigenvalue weighted by atomic mass is 32.1. The molecule has 1 aromatic heterocycles. The Morgan fingerprint density at radius 2 is 2.11 bits per heavy atom. The Hall–Kier alpha value is -2.65. The van der Waals surface area contributed by atoms with Crippen LogP contribution in [0.4, 0.5) is 15.6 Å². The lowest BCUT2D eigenvalue weighted by molar-refractivity contribution is -0.118. The molecule has 0 saturated carbocycles. The number of ether oxygens (including phenoxy) is 2. The summed E-state index contributed by atoms with van der Waals surface area (Å²) in [7, 11) is 0.